The van der Waals surface area contributed by atoms with Crippen LogP contribution < -0.4 is 10.4 Å². The van der Waals surface area contributed by atoms with Crippen LogP contribution in [0.2, 0.25) is 0 Å². The fourth-order valence-electron chi connectivity index (χ4n) is 5.86. The lowest BCUT2D eigenvalue weighted by atomic mass is 9.61. The second-order valence-corrected chi connectivity index (χ2v) is 10.8. The van der Waals surface area contributed by atoms with E-state index in [-0.39, 0.29) is 29.3 Å². The Balaban J connectivity index is 1.63. The summed E-state index contributed by atoms with van der Waals surface area (Å²) in [7, 11) is -0.315. The van der Waals surface area contributed by atoms with Crippen molar-refractivity contribution in [2.45, 2.75) is 89.4 Å². The van der Waals surface area contributed by atoms with E-state index < -0.39 is 0 Å². The molecule has 0 bridgehead atoms. The summed E-state index contributed by atoms with van der Waals surface area (Å²) < 4.78 is 12.8. The zero-order valence-electron chi connectivity index (χ0n) is 19.3. The van der Waals surface area contributed by atoms with Gasteiger partial charge in [0.15, 0.2) is 0 Å². The minimum atomic E-state index is -0.323. The van der Waals surface area contributed by atoms with E-state index in [1.807, 2.05) is 0 Å². The highest BCUT2D eigenvalue weighted by atomic mass is 16.7. The van der Waals surface area contributed by atoms with Crippen LogP contribution in [0.5, 0.6) is 0 Å². The summed E-state index contributed by atoms with van der Waals surface area (Å²) in [6, 6.07) is 17.8. The quantitative estimate of drug-likeness (QED) is 0.598. The molecule has 2 fully saturated rings. The van der Waals surface area contributed by atoms with Gasteiger partial charge in [-0.25, -0.2) is 0 Å². The molecule has 3 aliphatic rings. The standard InChI is InChI=1S/C26H34BNO2/c1-23(2)24(3,4)30-27(29-23)19-14-15-22-21(18-19)25(5)16-10-11-17-26(25,6)28(22)20-12-8-7-9-13-20/h7-9,12-15,18H,10-11,16-17H2,1-6H3. The Labute approximate surface area is 181 Å². The molecule has 1 saturated carbocycles. The van der Waals surface area contributed by atoms with E-state index in [4.69, 9.17) is 9.31 Å². The second-order valence-electron chi connectivity index (χ2n) is 10.8. The third-order valence-electron chi connectivity index (χ3n) is 8.67. The Hall–Kier alpha value is -1.78. The fourth-order valence-corrected chi connectivity index (χ4v) is 5.86. The maximum atomic E-state index is 6.38. The van der Waals surface area contributed by atoms with E-state index in [2.05, 4.69) is 95.0 Å². The van der Waals surface area contributed by atoms with Gasteiger partial charge in [-0.2, -0.15) is 0 Å². The highest BCUT2D eigenvalue weighted by Crippen LogP contribution is 2.60. The second kappa shape index (κ2) is 6.37. The number of hydrogen-bond acceptors (Lipinski definition) is 3. The molecule has 2 unspecified atom stereocenters. The summed E-state index contributed by atoms with van der Waals surface area (Å²) in [4.78, 5) is 2.61. The highest BCUT2D eigenvalue weighted by molar-refractivity contribution is 6.62. The molecule has 0 spiro atoms. The molecular weight excluding hydrogens is 369 g/mol. The smallest absolute Gasteiger partial charge is 0.399 e. The number of fused-ring (bicyclic) bond motifs is 3. The normalized spacial score (nSPS) is 31.5. The van der Waals surface area contributed by atoms with Crippen LogP contribution in [0.25, 0.3) is 0 Å². The van der Waals surface area contributed by atoms with E-state index in [1.165, 1.54) is 42.6 Å². The number of hydrogen-bond donors (Lipinski definition) is 0. The molecule has 2 aromatic carbocycles. The van der Waals surface area contributed by atoms with Crippen LogP contribution in [0, 0.1) is 0 Å². The molecule has 0 amide bonds. The van der Waals surface area contributed by atoms with Gasteiger partial charge in [-0.15, -0.1) is 0 Å². The van der Waals surface area contributed by atoms with Crippen LogP contribution in [-0.2, 0) is 14.7 Å². The molecule has 1 aliphatic carbocycles. The van der Waals surface area contributed by atoms with Crippen molar-refractivity contribution < 1.29 is 9.31 Å². The summed E-state index contributed by atoms with van der Waals surface area (Å²) in [6.07, 6.45) is 4.99. The lowest BCUT2D eigenvalue weighted by Gasteiger charge is -2.50. The first-order chi connectivity index (χ1) is 14.1. The van der Waals surface area contributed by atoms with E-state index in [9.17, 15) is 0 Å². The van der Waals surface area contributed by atoms with Crippen molar-refractivity contribution in [2.75, 3.05) is 4.90 Å². The molecule has 0 radical (unpaired) electrons. The van der Waals surface area contributed by atoms with Gasteiger partial charge in [0.1, 0.15) is 0 Å². The highest BCUT2D eigenvalue weighted by Gasteiger charge is 2.58. The Morgan fingerprint density at radius 2 is 1.43 bits per heavy atom. The van der Waals surface area contributed by atoms with Crippen LogP contribution in [-0.4, -0.2) is 23.9 Å². The Bertz CT molecular complexity index is 956. The Kier molecular flexibility index (Phi) is 4.28. The molecule has 1 saturated heterocycles. The predicted octanol–water partition coefficient (Wildman–Crippen LogP) is 5.73. The van der Waals surface area contributed by atoms with Crippen LogP contribution in [0.1, 0.15) is 72.8 Å². The molecule has 2 aliphatic heterocycles. The van der Waals surface area contributed by atoms with Crippen molar-refractivity contribution in [1.82, 2.24) is 0 Å². The maximum absolute atomic E-state index is 6.38. The zero-order chi connectivity index (χ0) is 21.4. The number of para-hydroxylation sites is 1. The third-order valence-corrected chi connectivity index (χ3v) is 8.67. The van der Waals surface area contributed by atoms with E-state index in [0.717, 1.165) is 5.46 Å². The minimum Gasteiger partial charge on any atom is -0.399 e. The van der Waals surface area contributed by atoms with Crippen molar-refractivity contribution in [1.29, 1.82) is 0 Å². The van der Waals surface area contributed by atoms with Crippen molar-refractivity contribution >= 4 is 24.0 Å². The van der Waals surface area contributed by atoms with Crippen molar-refractivity contribution in [2.24, 2.45) is 0 Å². The molecule has 0 N–H and O–H groups in total. The number of nitrogens with zero attached hydrogens (tertiary/aromatic N) is 1. The van der Waals surface area contributed by atoms with Crippen LogP contribution in [0.4, 0.5) is 11.4 Å². The van der Waals surface area contributed by atoms with Crippen LogP contribution >= 0.6 is 0 Å². The minimum absolute atomic E-state index is 0.0729. The lowest BCUT2D eigenvalue weighted by Crippen LogP contribution is -2.54. The summed E-state index contributed by atoms with van der Waals surface area (Å²) >= 11 is 0. The van der Waals surface area contributed by atoms with Gasteiger partial charge >= 0.3 is 7.12 Å². The van der Waals surface area contributed by atoms with E-state index in [1.54, 1.807) is 0 Å². The summed E-state index contributed by atoms with van der Waals surface area (Å²) in [5.74, 6) is 0. The van der Waals surface area contributed by atoms with Gasteiger partial charge in [0, 0.05) is 16.8 Å². The number of benzene rings is 2. The third kappa shape index (κ3) is 2.59. The van der Waals surface area contributed by atoms with Crippen molar-refractivity contribution in [3.05, 3.63) is 54.1 Å². The topological polar surface area (TPSA) is 21.7 Å². The van der Waals surface area contributed by atoms with Crippen molar-refractivity contribution in [3.8, 4) is 0 Å². The fraction of sp³-hybridized carbons (Fsp3) is 0.538. The van der Waals surface area contributed by atoms with E-state index >= 15 is 0 Å². The van der Waals surface area contributed by atoms with Gasteiger partial charge in [0.05, 0.1) is 16.7 Å². The Morgan fingerprint density at radius 1 is 0.800 bits per heavy atom. The molecule has 30 heavy (non-hydrogen) atoms. The molecule has 5 rings (SSSR count). The average Bonchev–Trinajstić information content (AvgIpc) is 3.05. The largest absolute Gasteiger partial charge is 0.494 e. The Morgan fingerprint density at radius 3 is 2.10 bits per heavy atom. The molecule has 4 heteroatoms. The number of rotatable bonds is 2. The first-order valence-electron chi connectivity index (χ1n) is 11.4. The molecule has 3 nitrogen and oxygen atoms in total. The molecule has 0 aromatic heterocycles. The first-order valence-corrected chi connectivity index (χ1v) is 11.4. The average molecular weight is 403 g/mol. The SMILES string of the molecule is CC1(C)OB(c2ccc3c(c2)C2(C)CCCCC2(C)N3c2ccccc2)OC1(C)C. The summed E-state index contributed by atoms with van der Waals surface area (Å²) in [5.41, 5.74) is 4.74. The summed E-state index contributed by atoms with van der Waals surface area (Å²) in [6.45, 7) is 13.4. The maximum Gasteiger partial charge on any atom is 0.494 e. The zero-order valence-corrected chi connectivity index (χ0v) is 19.3. The molecule has 158 valence electrons. The van der Waals surface area contributed by atoms with Crippen LogP contribution in [0.15, 0.2) is 48.5 Å². The molecule has 2 atom stereocenters. The number of anilines is 2. The van der Waals surface area contributed by atoms with Gasteiger partial charge in [-0.3, -0.25) is 0 Å². The van der Waals surface area contributed by atoms with Crippen molar-refractivity contribution in [3.63, 3.8) is 0 Å². The van der Waals surface area contributed by atoms with Gasteiger partial charge in [0.25, 0.3) is 0 Å². The first kappa shape index (κ1) is 20.1. The lowest BCUT2D eigenvalue weighted by molar-refractivity contribution is 0.00578. The van der Waals surface area contributed by atoms with Gasteiger partial charge in [-0.05, 0) is 76.7 Å². The molecule has 2 aromatic rings. The predicted molar refractivity (Wildman–Crippen MR) is 125 cm³/mol. The van der Waals surface area contributed by atoms with Gasteiger partial charge in [-0.1, -0.05) is 50.1 Å². The molecular formula is C26H34BNO2. The van der Waals surface area contributed by atoms with Gasteiger partial charge < -0.3 is 14.2 Å². The molecule has 2 heterocycles. The van der Waals surface area contributed by atoms with Gasteiger partial charge in [0.2, 0.25) is 0 Å². The summed E-state index contributed by atoms with van der Waals surface area (Å²) in [5, 5.41) is 0. The monoisotopic (exact) mass is 403 g/mol. The van der Waals surface area contributed by atoms with E-state index in [0.29, 0.717) is 0 Å². The van der Waals surface area contributed by atoms with Crippen LogP contribution in [0.3, 0.4) is 0 Å².